The fourth-order valence-corrected chi connectivity index (χ4v) is 2.24. The van der Waals surface area contributed by atoms with E-state index in [2.05, 4.69) is 10.3 Å². The Hall–Kier alpha value is -2.92. The molecule has 1 N–H and O–H groups in total. The third-order valence-corrected chi connectivity index (χ3v) is 3.33. The van der Waals surface area contributed by atoms with E-state index in [9.17, 15) is 9.18 Å². The van der Waals surface area contributed by atoms with Crippen molar-refractivity contribution in [2.75, 3.05) is 5.32 Å². The molecule has 0 spiro atoms. The van der Waals surface area contributed by atoms with Crippen LogP contribution in [0.15, 0.2) is 67.0 Å². The van der Waals surface area contributed by atoms with Crippen molar-refractivity contribution in [1.29, 1.82) is 0 Å². The number of ether oxygens (including phenoxy) is 1. The molecule has 1 heterocycles. The van der Waals surface area contributed by atoms with Gasteiger partial charge >= 0.3 is 0 Å². The molecule has 0 radical (unpaired) electrons. The summed E-state index contributed by atoms with van der Waals surface area (Å²) in [6.45, 7) is 0. The Balaban J connectivity index is 1.74. The van der Waals surface area contributed by atoms with Gasteiger partial charge in [-0.2, -0.15) is 0 Å². The molecule has 3 rings (SSSR count). The zero-order chi connectivity index (χ0) is 16.9. The minimum atomic E-state index is -0.488. The Labute approximate surface area is 142 Å². The van der Waals surface area contributed by atoms with Gasteiger partial charge < -0.3 is 10.1 Å². The molecular weight excluding hydrogens is 331 g/mol. The number of nitrogens with zero attached hydrogens (tertiary/aromatic N) is 1. The van der Waals surface area contributed by atoms with Crippen molar-refractivity contribution in [3.63, 3.8) is 0 Å². The summed E-state index contributed by atoms with van der Waals surface area (Å²) >= 11 is 5.88. The van der Waals surface area contributed by atoms with Crippen LogP contribution in [0.5, 0.6) is 11.5 Å². The molecular formula is C18H12ClFN2O2. The lowest BCUT2D eigenvalue weighted by Crippen LogP contribution is -2.11. The fourth-order valence-electron chi connectivity index (χ4n) is 2.05. The van der Waals surface area contributed by atoms with Crippen LogP contribution in [-0.2, 0) is 0 Å². The van der Waals surface area contributed by atoms with Crippen LogP contribution in [0.4, 0.5) is 10.1 Å². The summed E-state index contributed by atoms with van der Waals surface area (Å²) in [5.41, 5.74) is 0.991. The van der Waals surface area contributed by atoms with E-state index in [-0.39, 0.29) is 11.7 Å². The second-order valence-electron chi connectivity index (χ2n) is 4.93. The Bertz CT molecular complexity index is 886. The van der Waals surface area contributed by atoms with Crippen LogP contribution in [0.25, 0.3) is 0 Å². The zero-order valence-electron chi connectivity index (χ0n) is 12.4. The molecule has 1 aromatic heterocycles. The Morgan fingerprint density at radius 1 is 1.04 bits per heavy atom. The number of amides is 1. The maximum Gasteiger partial charge on any atom is 0.255 e. The van der Waals surface area contributed by atoms with Crippen molar-refractivity contribution >= 4 is 23.2 Å². The Morgan fingerprint density at radius 3 is 2.67 bits per heavy atom. The molecule has 0 atom stereocenters. The van der Waals surface area contributed by atoms with E-state index in [4.69, 9.17) is 16.3 Å². The van der Waals surface area contributed by atoms with Gasteiger partial charge in [0, 0.05) is 28.4 Å². The van der Waals surface area contributed by atoms with Crippen molar-refractivity contribution in [2.45, 2.75) is 0 Å². The molecule has 0 saturated carbocycles. The number of hydrogen-bond acceptors (Lipinski definition) is 3. The molecule has 0 aliphatic carbocycles. The van der Waals surface area contributed by atoms with Gasteiger partial charge in [-0.05, 0) is 30.3 Å². The van der Waals surface area contributed by atoms with Crippen molar-refractivity contribution < 1.29 is 13.9 Å². The molecule has 3 aromatic rings. The first-order chi connectivity index (χ1) is 11.6. The number of rotatable bonds is 4. The van der Waals surface area contributed by atoms with Gasteiger partial charge in [-0.15, -0.1) is 0 Å². The van der Waals surface area contributed by atoms with Crippen molar-refractivity contribution in [2.24, 2.45) is 0 Å². The summed E-state index contributed by atoms with van der Waals surface area (Å²) < 4.78 is 18.7. The summed E-state index contributed by atoms with van der Waals surface area (Å²) in [4.78, 5) is 15.9. The van der Waals surface area contributed by atoms with Crippen LogP contribution in [0.2, 0.25) is 5.02 Å². The van der Waals surface area contributed by atoms with Gasteiger partial charge in [0.15, 0.2) is 0 Å². The summed E-state index contributed by atoms with van der Waals surface area (Å²) in [5.74, 6) is -0.0559. The minimum absolute atomic E-state index is 0.272. The molecule has 4 nitrogen and oxygen atoms in total. The molecule has 0 fully saturated rings. The normalized spacial score (nSPS) is 10.2. The first-order valence-electron chi connectivity index (χ1n) is 7.05. The van der Waals surface area contributed by atoms with Gasteiger partial charge in [0.05, 0.1) is 12.4 Å². The maximum atomic E-state index is 13.1. The molecule has 0 saturated heterocycles. The molecule has 2 aromatic carbocycles. The molecule has 6 heteroatoms. The zero-order valence-corrected chi connectivity index (χ0v) is 13.1. The van der Waals surface area contributed by atoms with Gasteiger partial charge in [0.25, 0.3) is 5.91 Å². The third kappa shape index (κ3) is 4.08. The van der Waals surface area contributed by atoms with E-state index >= 15 is 0 Å². The number of benzene rings is 2. The second kappa shape index (κ2) is 7.10. The van der Waals surface area contributed by atoms with Crippen LogP contribution >= 0.6 is 11.6 Å². The van der Waals surface area contributed by atoms with Crippen molar-refractivity contribution in [3.05, 3.63) is 83.4 Å². The monoisotopic (exact) mass is 342 g/mol. The lowest BCUT2D eigenvalue weighted by molar-refractivity contribution is 0.102. The number of nitrogens with one attached hydrogen (secondary N) is 1. The van der Waals surface area contributed by atoms with Crippen molar-refractivity contribution in [3.8, 4) is 11.5 Å². The second-order valence-corrected chi connectivity index (χ2v) is 5.37. The van der Waals surface area contributed by atoms with Crippen LogP contribution in [-0.4, -0.2) is 10.9 Å². The SMILES string of the molecule is O=C(Nc1cccc(Oc2cncc(F)c2)c1)c1cccc(Cl)c1. The molecule has 0 aliphatic rings. The molecule has 0 unspecified atom stereocenters. The fraction of sp³-hybridized carbons (Fsp3) is 0. The Kier molecular flexibility index (Phi) is 4.72. The summed E-state index contributed by atoms with van der Waals surface area (Å²) in [6.07, 6.45) is 2.49. The highest BCUT2D eigenvalue weighted by atomic mass is 35.5. The Morgan fingerprint density at radius 2 is 1.88 bits per heavy atom. The number of anilines is 1. The van der Waals surface area contributed by atoms with E-state index in [0.717, 1.165) is 6.20 Å². The van der Waals surface area contributed by atoms with E-state index in [0.29, 0.717) is 22.0 Å². The standard InChI is InChI=1S/C18H12ClFN2O2/c19-13-4-1-3-12(7-13)18(23)22-15-5-2-6-16(9-15)24-17-8-14(20)10-21-11-17/h1-11H,(H,22,23). The number of aromatic nitrogens is 1. The predicted octanol–water partition coefficient (Wildman–Crippen LogP) is 4.92. The predicted molar refractivity (Wildman–Crippen MR) is 90.1 cm³/mol. The summed E-state index contributed by atoms with van der Waals surface area (Å²) in [7, 11) is 0. The van der Waals surface area contributed by atoms with Gasteiger partial charge in [-0.1, -0.05) is 23.7 Å². The summed E-state index contributed by atoms with van der Waals surface area (Å²) in [6, 6.07) is 14.6. The van der Waals surface area contributed by atoms with Crippen molar-refractivity contribution in [1.82, 2.24) is 4.98 Å². The smallest absolute Gasteiger partial charge is 0.255 e. The highest BCUT2D eigenvalue weighted by molar-refractivity contribution is 6.31. The quantitative estimate of drug-likeness (QED) is 0.732. The lowest BCUT2D eigenvalue weighted by atomic mass is 10.2. The molecule has 0 aliphatic heterocycles. The number of pyridine rings is 1. The van der Waals surface area contributed by atoms with E-state index in [1.54, 1.807) is 48.5 Å². The average Bonchev–Trinajstić information content (AvgIpc) is 2.55. The third-order valence-electron chi connectivity index (χ3n) is 3.09. The molecule has 0 bridgehead atoms. The van der Waals surface area contributed by atoms with E-state index in [1.807, 2.05) is 0 Å². The average molecular weight is 343 g/mol. The maximum absolute atomic E-state index is 13.1. The van der Waals surface area contributed by atoms with Gasteiger partial charge in [-0.25, -0.2) is 4.39 Å². The largest absolute Gasteiger partial charge is 0.456 e. The molecule has 24 heavy (non-hydrogen) atoms. The topological polar surface area (TPSA) is 51.2 Å². The van der Waals surface area contributed by atoms with Crippen LogP contribution in [0.1, 0.15) is 10.4 Å². The lowest BCUT2D eigenvalue weighted by Gasteiger charge is -2.09. The van der Waals surface area contributed by atoms with Crippen LogP contribution in [0.3, 0.4) is 0 Å². The molecule has 1 amide bonds. The number of hydrogen-bond donors (Lipinski definition) is 1. The van der Waals surface area contributed by atoms with E-state index in [1.165, 1.54) is 12.3 Å². The minimum Gasteiger partial charge on any atom is -0.456 e. The first kappa shape index (κ1) is 16.0. The highest BCUT2D eigenvalue weighted by Gasteiger charge is 2.07. The number of halogens is 2. The summed E-state index contributed by atoms with van der Waals surface area (Å²) in [5, 5.41) is 3.24. The van der Waals surface area contributed by atoms with Gasteiger partial charge in [0.1, 0.15) is 17.3 Å². The number of carbonyl (C=O) groups is 1. The van der Waals surface area contributed by atoms with Crippen LogP contribution < -0.4 is 10.1 Å². The van der Waals surface area contributed by atoms with E-state index < -0.39 is 5.82 Å². The molecule has 120 valence electrons. The van der Waals surface area contributed by atoms with Crippen LogP contribution in [0, 0.1) is 5.82 Å². The highest BCUT2D eigenvalue weighted by Crippen LogP contribution is 2.24. The van der Waals surface area contributed by atoms with Gasteiger partial charge in [0.2, 0.25) is 0 Å². The number of carbonyl (C=O) groups excluding carboxylic acids is 1. The first-order valence-corrected chi connectivity index (χ1v) is 7.43. The van der Waals surface area contributed by atoms with Gasteiger partial charge in [-0.3, -0.25) is 9.78 Å².